The molecule has 1 N–H and O–H groups in total. The normalized spacial score (nSPS) is 24.7. The number of alkyl halides is 3. The summed E-state index contributed by atoms with van der Waals surface area (Å²) >= 11 is 0. The minimum Gasteiger partial charge on any atom is -0.315 e. The lowest BCUT2D eigenvalue weighted by Crippen LogP contribution is -2.50. The zero-order valence-electron chi connectivity index (χ0n) is 7.86. The molecule has 1 heterocycles. The quantitative estimate of drug-likeness (QED) is 0.674. The predicted octanol–water partition coefficient (Wildman–Crippen LogP) is 1.58. The number of nitrogens with one attached hydrogen (secondary N) is 1. The maximum atomic E-state index is 12.5. The Balaban J connectivity index is 2.67. The molecule has 5 heteroatoms. The second kappa shape index (κ2) is 3.84. The van der Waals surface area contributed by atoms with Crippen molar-refractivity contribution in [2.45, 2.75) is 38.7 Å². The molecule has 0 aromatic carbocycles. The highest BCUT2D eigenvalue weighted by Crippen LogP contribution is 2.28. The van der Waals surface area contributed by atoms with Gasteiger partial charge in [0.2, 0.25) is 0 Å². The third-order valence-electron chi connectivity index (χ3n) is 2.28. The van der Waals surface area contributed by atoms with Crippen molar-refractivity contribution in [3.05, 3.63) is 0 Å². The summed E-state index contributed by atoms with van der Waals surface area (Å²) in [6.45, 7) is 4.28. The molecule has 0 aliphatic carbocycles. The van der Waals surface area contributed by atoms with E-state index in [9.17, 15) is 13.2 Å². The van der Waals surface area contributed by atoms with Crippen LogP contribution in [0.3, 0.4) is 0 Å². The summed E-state index contributed by atoms with van der Waals surface area (Å²) in [7, 11) is 0. The third kappa shape index (κ3) is 2.57. The molecule has 0 aromatic heterocycles. The second-order valence-corrected chi connectivity index (χ2v) is 3.62. The summed E-state index contributed by atoms with van der Waals surface area (Å²) in [4.78, 5) is 0.632. The molecular formula is C8H15F3N2. The topological polar surface area (TPSA) is 15.3 Å². The van der Waals surface area contributed by atoms with Gasteiger partial charge in [-0.05, 0) is 26.8 Å². The monoisotopic (exact) mass is 196 g/mol. The van der Waals surface area contributed by atoms with Gasteiger partial charge in [0.1, 0.15) is 0 Å². The Morgan fingerprint density at radius 1 is 1.38 bits per heavy atom. The number of rotatable bonds is 2. The standard InChI is InChI=1S/C8H15F3N2/c1-6(2)13(8(9,10)11)7-3-4-12-5-7/h6-7,12H,3-5H2,1-2H3. The fraction of sp³-hybridized carbons (Fsp3) is 1.00. The minimum atomic E-state index is -4.20. The van der Waals surface area contributed by atoms with Gasteiger partial charge in [0, 0.05) is 18.6 Å². The first-order valence-corrected chi connectivity index (χ1v) is 4.49. The van der Waals surface area contributed by atoms with Crippen LogP contribution in [0.5, 0.6) is 0 Å². The van der Waals surface area contributed by atoms with Crippen molar-refractivity contribution in [3.63, 3.8) is 0 Å². The van der Waals surface area contributed by atoms with Crippen LogP contribution in [0.4, 0.5) is 13.2 Å². The van der Waals surface area contributed by atoms with E-state index in [1.807, 2.05) is 0 Å². The molecule has 1 aliphatic heterocycles. The summed E-state index contributed by atoms with van der Waals surface area (Å²) in [5, 5.41) is 2.94. The lowest BCUT2D eigenvalue weighted by Gasteiger charge is -2.33. The van der Waals surface area contributed by atoms with Crippen LogP contribution in [0, 0.1) is 0 Å². The van der Waals surface area contributed by atoms with Gasteiger partial charge >= 0.3 is 6.30 Å². The molecule has 0 saturated carbocycles. The number of hydrogen-bond donors (Lipinski definition) is 1. The van der Waals surface area contributed by atoms with E-state index in [0.717, 1.165) is 0 Å². The lowest BCUT2D eigenvalue weighted by molar-refractivity contribution is -0.266. The molecule has 1 atom stereocenters. The Kier molecular flexibility index (Phi) is 3.18. The first-order valence-electron chi connectivity index (χ1n) is 4.49. The van der Waals surface area contributed by atoms with Gasteiger partial charge in [0.25, 0.3) is 0 Å². The van der Waals surface area contributed by atoms with E-state index in [4.69, 9.17) is 0 Å². The molecular weight excluding hydrogens is 181 g/mol. The minimum absolute atomic E-state index is 0.389. The molecule has 13 heavy (non-hydrogen) atoms. The SMILES string of the molecule is CC(C)N(C1CCNC1)C(F)(F)F. The summed E-state index contributed by atoms with van der Waals surface area (Å²) < 4.78 is 37.6. The lowest BCUT2D eigenvalue weighted by atomic mass is 10.2. The fourth-order valence-electron chi connectivity index (χ4n) is 1.80. The van der Waals surface area contributed by atoms with Gasteiger partial charge in [0.15, 0.2) is 0 Å². The van der Waals surface area contributed by atoms with Gasteiger partial charge in [-0.3, -0.25) is 0 Å². The van der Waals surface area contributed by atoms with E-state index < -0.39 is 12.3 Å². The van der Waals surface area contributed by atoms with Crippen molar-refractivity contribution in [1.82, 2.24) is 10.2 Å². The average molecular weight is 196 g/mol. The number of halogens is 3. The molecule has 2 nitrogen and oxygen atoms in total. The first-order chi connectivity index (χ1) is 5.93. The van der Waals surface area contributed by atoms with E-state index in [2.05, 4.69) is 5.32 Å². The van der Waals surface area contributed by atoms with Gasteiger partial charge in [-0.25, -0.2) is 4.90 Å². The fourth-order valence-corrected chi connectivity index (χ4v) is 1.80. The van der Waals surface area contributed by atoms with Crippen LogP contribution in [-0.2, 0) is 0 Å². The van der Waals surface area contributed by atoms with Crippen LogP contribution in [-0.4, -0.2) is 36.4 Å². The van der Waals surface area contributed by atoms with Crippen LogP contribution in [0.15, 0.2) is 0 Å². The maximum absolute atomic E-state index is 12.5. The van der Waals surface area contributed by atoms with Crippen molar-refractivity contribution in [2.75, 3.05) is 13.1 Å². The molecule has 1 saturated heterocycles. The van der Waals surface area contributed by atoms with Crippen LogP contribution in [0.1, 0.15) is 20.3 Å². The highest BCUT2D eigenvalue weighted by Gasteiger charge is 2.44. The summed E-state index contributed by atoms with van der Waals surface area (Å²) in [6.07, 6.45) is -3.62. The zero-order valence-corrected chi connectivity index (χ0v) is 7.86. The Hall–Kier alpha value is -0.290. The van der Waals surface area contributed by atoms with E-state index in [0.29, 0.717) is 24.4 Å². The van der Waals surface area contributed by atoms with Crippen molar-refractivity contribution < 1.29 is 13.2 Å². The van der Waals surface area contributed by atoms with Crippen molar-refractivity contribution >= 4 is 0 Å². The van der Waals surface area contributed by atoms with E-state index in [1.54, 1.807) is 13.8 Å². The molecule has 0 radical (unpaired) electrons. The molecule has 0 aromatic rings. The molecule has 78 valence electrons. The van der Waals surface area contributed by atoms with Crippen molar-refractivity contribution in [2.24, 2.45) is 0 Å². The second-order valence-electron chi connectivity index (χ2n) is 3.62. The van der Waals surface area contributed by atoms with Crippen LogP contribution >= 0.6 is 0 Å². The molecule has 1 fully saturated rings. The molecule has 1 rings (SSSR count). The average Bonchev–Trinajstić information content (AvgIpc) is 2.34. The Morgan fingerprint density at radius 3 is 2.31 bits per heavy atom. The third-order valence-corrected chi connectivity index (χ3v) is 2.28. The van der Waals surface area contributed by atoms with E-state index >= 15 is 0 Å². The Labute approximate surface area is 76.1 Å². The van der Waals surface area contributed by atoms with Crippen molar-refractivity contribution in [3.8, 4) is 0 Å². The van der Waals surface area contributed by atoms with Crippen molar-refractivity contribution in [1.29, 1.82) is 0 Å². The van der Waals surface area contributed by atoms with Gasteiger partial charge < -0.3 is 5.32 Å². The zero-order chi connectivity index (χ0) is 10.1. The molecule has 0 spiro atoms. The van der Waals surface area contributed by atoms with Gasteiger partial charge in [0.05, 0.1) is 0 Å². The van der Waals surface area contributed by atoms with Crippen LogP contribution < -0.4 is 5.32 Å². The Bertz CT molecular complexity index is 161. The Morgan fingerprint density at radius 2 is 2.00 bits per heavy atom. The molecule has 0 amide bonds. The number of hydrogen-bond acceptors (Lipinski definition) is 2. The predicted molar refractivity (Wildman–Crippen MR) is 44.3 cm³/mol. The van der Waals surface area contributed by atoms with Gasteiger partial charge in [-0.15, -0.1) is 0 Å². The number of nitrogens with zero attached hydrogens (tertiary/aromatic N) is 1. The highest BCUT2D eigenvalue weighted by atomic mass is 19.4. The van der Waals surface area contributed by atoms with Crippen LogP contribution in [0.2, 0.25) is 0 Å². The summed E-state index contributed by atoms with van der Waals surface area (Å²) in [5.41, 5.74) is 0. The van der Waals surface area contributed by atoms with Gasteiger partial charge in [-0.2, -0.15) is 13.2 Å². The summed E-state index contributed by atoms with van der Waals surface area (Å²) in [5.74, 6) is 0. The highest BCUT2D eigenvalue weighted by molar-refractivity contribution is 4.83. The first kappa shape index (κ1) is 10.8. The largest absolute Gasteiger partial charge is 0.460 e. The van der Waals surface area contributed by atoms with E-state index in [-0.39, 0.29) is 6.04 Å². The smallest absolute Gasteiger partial charge is 0.315 e. The van der Waals surface area contributed by atoms with E-state index in [1.165, 1.54) is 0 Å². The molecule has 1 unspecified atom stereocenters. The van der Waals surface area contributed by atoms with Crippen LogP contribution in [0.25, 0.3) is 0 Å². The summed E-state index contributed by atoms with van der Waals surface area (Å²) in [6, 6.07) is -0.870. The maximum Gasteiger partial charge on any atom is 0.460 e. The molecule has 1 aliphatic rings. The molecule has 0 bridgehead atoms. The van der Waals surface area contributed by atoms with Gasteiger partial charge in [-0.1, -0.05) is 0 Å².